The molecule has 5 heteroatoms. The smallest absolute Gasteiger partial charge is 0.315 e. The molecule has 0 aliphatic heterocycles. The lowest BCUT2D eigenvalue weighted by Crippen LogP contribution is -2.48. The third-order valence-electron chi connectivity index (χ3n) is 1.91. The third kappa shape index (κ3) is 3.74. The fraction of sp³-hybridized carbons (Fsp3) is 0.778. The number of amides is 2. The van der Waals surface area contributed by atoms with E-state index in [0.717, 1.165) is 0 Å². The number of nitrogens with two attached hydrogens (primary N) is 1. The van der Waals surface area contributed by atoms with E-state index in [2.05, 4.69) is 0 Å². The summed E-state index contributed by atoms with van der Waals surface area (Å²) in [4.78, 5) is 22.9. The number of urea groups is 1. The molecule has 0 aromatic heterocycles. The van der Waals surface area contributed by atoms with Crippen LogP contribution >= 0.6 is 0 Å². The number of rotatable bonds is 6. The summed E-state index contributed by atoms with van der Waals surface area (Å²) in [6, 6.07) is -1.22. The van der Waals surface area contributed by atoms with Gasteiger partial charge in [0.1, 0.15) is 6.04 Å². The lowest BCUT2D eigenvalue weighted by atomic mass is 10.0. The standard InChI is InChI=1S/C9H17N2O3/c1-7(2)8(6-12)11(9(10)13)4-5-14-3/h7-8H,4-5H2,1-3H3,(H2,10,13)/t8-/m1/s1. The Morgan fingerprint density at radius 3 is 2.43 bits per heavy atom. The van der Waals surface area contributed by atoms with Crippen LogP contribution in [0.25, 0.3) is 0 Å². The van der Waals surface area contributed by atoms with Crippen LogP contribution < -0.4 is 5.73 Å². The predicted molar refractivity (Wildman–Crippen MR) is 52.5 cm³/mol. The van der Waals surface area contributed by atoms with Gasteiger partial charge in [-0.25, -0.2) is 4.79 Å². The molecule has 0 aliphatic rings. The number of nitrogens with zero attached hydrogens (tertiary/aromatic N) is 1. The van der Waals surface area contributed by atoms with E-state index in [0.29, 0.717) is 13.2 Å². The average Bonchev–Trinajstić information content (AvgIpc) is 2.10. The number of primary amides is 1. The first-order chi connectivity index (χ1) is 6.54. The van der Waals surface area contributed by atoms with Crippen LogP contribution in [0, 0.1) is 5.92 Å². The van der Waals surface area contributed by atoms with E-state index in [9.17, 15) is 9.59 Å². The first-order valence-electron chi connectivity index (χ1n) is 4.47. The van der Waals surface area contributed by atoms with Crippen molar-refractivity contribution in [1.82, 2.24) is 4.90 Å². The molecule has 0 aliphatic carbocycles. The number of ether oxygens (including phenoxy) is 1. The Hall–Kier alpha value is -1.10. The van der Waals surface area contributed by atoms with Crippen molar-refractivity contribution in [3.63, 3.8) is 0 Å². The zero-order chi connectivity index (χ0) is 11.1. The van der Waals surface area contributed by atoms with Crippen LogP contribution in [-0.4, -0.2) is 43.5 Å². The monoisotopic (exact) mass is 201 g/mol. The maximum Gasteiger partial charge on any atom is 0.315 e. The lowest BCUT2D eigenvalue weighted by Gasteiger charge is -2.28. The summed E-state index contributed by atoms with van der Waals surface area (Å²) in [7, 11) is 1.52. The van der Waals surface area contributed by atoms with Crippen LogP contribution in [0.5, 0.6) is 0 Å². The van der Waals surface area contributed by atoms with Gasteiger partial charge in [0.05, 0.1) is 6.61 Å². The highest BCUT2D eigenvalue weighted by Crippen LogP contribution is 2.08. The molecule has 0 unspecified atom stereocenters. The van der Waals surface area contributed by atoms with Crippen LogP contribution in [0.4, 0.5) is 4.79 Å². The topological polar surface area (TPSA) is 72.6 Å². The van der Waals surface area contributed by atoms with E-state index < -0.39 is 12.1 Å². The second-order valence-electron chi connectivity index (χ2n) is 3.33. The molecule has 0 aromatic rings. The highest BCUT2D eigenvalue weighted by atomic mass is 16.5. The molecule has 81 valence electrons. The van der Waals surface area contributed by atoms with E-state index in [1.54, 1.807) is 0 Å². The quantitative estimate of drug-likeness (QED) is 0.664. The summed E-state index contributed by atoms with van der Waals surface area (Å²) in [5.41, 5.74) is 5.14. The molecule has 1 radical (unpaired) electrons. The summed E-state index contributed by atoms with van der Waals surface area (Å²) < 4.78 is 4.82. The average molecular weight is 201 g/mol. The molecular weight excluding hydrogens is 184 g/mol. The summed E-state index contributed by atoms with van der Waals surface area (Å²) in [5, 5.41) is 0. The number of methoxy groups -OCH3 is 1. The molecular formula is C9H17N2O3. The molecule has 0 fully saturated rings. The molecule has 1 atom stereocenters. The second kappa shape index (κ2) is 6.37. The van der Waals surface area contributed by atoms with Crippen molar-refractivity contribution >= 4 is 12.3 Å². The fourth-order valence-electron chi connectivity index (χ4n) is 1.14. The summed E-state index contributed by atoms with van der Waals surface area (Å²) in [6.07, 6.45) is 1.81. The van der Waals surface area contributed by atoms with Crippen LogP contribution in [0.2, 0.25) is 0 Å². The Morgan fingerprint density at radius 1 is 1.57 bits per heavy atom. The lowest BCUT2D eigenvalue weighted by molar-refractivity contribution is 0.136. The van der Waals surface area contributed by atoms with Crippen LogP contribution in [-0.2, 0) is 9.53 Å². The highest BCUT2D eigenvalue weighted by molar-refractivity contribution is 5.76. The van der Waals surface area contributed by atoms with Crippen molar-refractivity contribution < 1.29 is 14.3 Å². The Balaban J connectivity index is 4.43. The summed E-state index contributed by atoms with van der Waals surface area (Å²) >= 11 is 0. The molecule has 0 spiro atoms. The minimum absolute atomic E-state index is 0.00291. The van der Waals surface area contributed by atoms with E-state index in [4.69, 9.17) is 10.5 Å². The van der Waals surface area contributed by atoms with Gasteiger partial charge < -0.3 is 15.4 Å². The molecule has 2 N–H and O–H groups in total. The summed E-state index contributed by atoms with van der Waals surface area (Å²) in [5.74, 6) is -0.00291. The number of carbonyl (C=O) groups is 1. The second-order valence-corrected chi connectivity index (χ2v) is 3.33. The molecule has 0 saturated carbocycles. The van der Waals surface area contributed by atoms with Gasteiger partial charge in [-0.1, -0.05) is 13.8 Å². The van der Waals surface area contributed by atoms with Crippen LogP contribution in [0.3, 0.4) is 0 Å². The Kier molecular flexibility index (Phi) is 5.87. The SMILES string of the molecule is COCCN(C(N)=O)[C@H]([C]=O)C(C)C. The van der Waals surface area contributed by atoms with E-state index >= 15 is 0 Å². The molecule has 0 aromatic carbocycles. The van der Waals surface area contributed by atoms with Gasteiger partial charge in [-0.3, -0.25) is 4.79 Å². The zero-order valence-electron chi connectivity index (χ0n) is 8.82. The Morgan fingerprint density at radius 2 is 2.14 bits per heavy atom. The van der Waals surface area contributed by atoms with Crippen LogP contribution in [0.1, 0.15) is 13.8 Å². The van der Waals surface area contributed by atoms with Gasteiger partial charge >= 0.3 is 6.03 Å². The number of carbonyl (C=O) groups excluding carboxylic acids is 2. The first-order valence-corrected chi connectivity index (χ1v) is 4.47. The van der Waals surface area contributed by atoms with Gasteiger partial charge in [-0.05, 0) is 5.92 Å². The fourth-order valence-corrected chi connectivity index (χ4v) is 1.14. The van der Waals surface area contributed by atoms with Gasteiger partial charge in [-0.15, -0.1) is 0 Å². The first kappa shape index (κ1) is 12.9. The van der Waals surface area contributed by atoms with Gasteiger partial charge in [-0.2, -0.15) is 0 Å². The van der Waals surface area contributed by atoms with E-state index in [1.807, 2.05) is 20.1 Å². The van der Waals surface area contributed by atoms with E-state index in [-0.39, 0.29) is 5.92 Å². The Labute approximate surface area is 84.2 Å². The molecule has 0 bridgehead atoms. The number of hydrogen-bond donors (Lipinski definition) is 1. The summed E-state index contributed by atoms with van der Waals surface area (Å²) in [6.45, 7) is 4.33. The molecule has 5 nitrogen and oxygen atoms in total. The normalized spacial score (nSPS) is 12.6. The van der Waals surface area contributed by atoms with Crippen molar-refractivity contribution in [2.24, 2.45) is 11.7 Å². The maximum atomic E-state index is 11.0. The minimum atomic E-state index is -0.621. The highest BCUT2D eigenvalue weighted by Gasteiger charge is 2.24. The van der Waals surface area contributed by atoms with Crippen molar-refractivity contribution in [1.29, 1.82) is 0 Å². The molecule has 14 heavy (non-hydrogen) atoms. The largest absolute Gasteiger partial charge is 0.383 e. The maximum absolute atomic E-state index is 11.0. The Bertz CT molecular complexity index is 194. The number of hydrogen-bond acceptors (Lipinski definition) is 3. The van der Waals surface area contributed by atoms with Gasteiger partial charge in [0.25, 0.3) is 0 Å². The molecule has 2 amide bonds. The van der Waals surface area contributed by atoms with Gasteiger partial charge in [0.2, 0.25) is 6.29 Å². The van der Waals surface area contributed by atoms with E-state index in [1.165, 1.54) is 12.0 Å². The molecule has 0 saturated heterocycles. The third-order valence-corrected chi connectivity index (χ3v) is 1.91. The van der Waals surface area contributed by atoms with Crippen molar-refractivity contribution in [3.8, 4) is 0 Å². The predicted octanol–water partition coefficient (Wildman–Crippen LogP) is 0.148. The molecule has 0 heterocycles. The minimum Gasteiger partial charge on any atom is -0.383 e. The zero-order valence-corrected chi connectivity index (χ0v) is 8.82. The van der Waals surface area contributed by atoms with Crippen molar-refractivity contribution in [2.45, 2.75) is 19.9 Å². The van der Waals surface area contributed by atoms with Crippen LogP contribution in [0.15, 0.2) is 0 Å². The molecule has 0 rings (SSSR count). The van der Waals surface area contributed by atoms with Gasteiger partial charge in [0, 0.05) is 13.7 Å². The van der Waals surface area contributed by atoms with Crippen molar-refractivity contribution in [3.05, 3.63) is 0 Å². The van der Waals surface area contributed by atoms with Crippen molar-refractivity contribution in [2.75, 3.05) is 20.3 Å². The van der Waals surface area contributed by atoms with Gasteiger partial charge in [0.15, 0.2) is 0 Å².